The fraction of sp³-hybridized carbons (Fsp3) is 0.524. The molecule has 1 aromatic carbocycles. The molecule has 0 aliphatic carbocycles. The van der Waals surface area contributed by atoms with Gasteiger partial charge in [0.1, 0.15) is 11.8 Å². The summed E-state index contributed by atoms with van der Waals surface area (Å²) in [7, 11) is 0. The van der Waals surface area contributed by atoms with Gasteiger partial charge in [-0.2, -0.15) is 0 Å². The van der Waals surface area contributed by atoms with E-state index in [1.807, 2.05) is 0 Å². The lowest BCUT2D eigenvalue weighted by Gasteiger charge is -2.26. The van der Waals surface area contributed by atoms with Crippen LogP contribution >= 0.6 is 11.3 Å². The van der Waals surface area contributed by atoms with Crippen molar-refractivity contribution >= 4 is 22.4 Å². The van der Waals surface area contributed by atoms with E-state index in [0.717, 1.165) is 37.1 Å². The van der Waals surface area contributed by atoms with Gasteiger partial charge in [0.2, 0.25) is 0 Å². The zero-order chi connectivity index (χ0) is 20.8. The average molecular weight is 419 g/mol. The van der Waals surface area contributed by atoms with Crippen LogP contribution in [-0.2, 0) is 20.7 Å². The summed E-state index contributed by atoms with van der Waals surface area (Å²) in [5.74, 6) is 0.0822. The van der Waals surface area contributed by atoms with Crippen LogP contribution in [0.3, 0.4) is 0 Å². The van der Waals surface area contributed by atoms with Crippen LogP contribution in [0.4, 0.5) is 5.13 Å². The fourth-order valence-corrected chi connectivity index (χ4v) is 3.96. The highest BCUT2D eigenvalue weighted by Crippen LogP contribution is 2.27. The smallest absolute Gasteiger partial charge is 0.327 e. The van der Waals surface area contributed by atoms with Crippen molar-refractivity contribution in [3.05, 3.63) is 40.4 Å². The molecule has 1 aliphatic rings. The van der Waals surface area contributed by atoms with Gasteiger partial charge in [-0.1, -0.05) is 12.1 Å². The summed E-state index contributed by atoms with van der Waals surface area (Å²) < 4.78 is 16.4. The van der Waals surface area contributed by atoms with Crippen molar-refractivity contribution in [2.45, 2.75) is 39.3 Å². The largest absolute Gasteiger partial charge is 0.493 e. The molecule has 1 atom stereocenters. The minimum Gasteiger partial charge on any atom is -0.493 e. The lowest BCUT2D eigenvalue weighted by Crippen LogP contribution is -2.36. The molecule has 7 nitrogen and oxygen atoms in total. The van der Waals surface area contributed by atoms with E-state index in [0.29, 0.717) is 24.3 Å². The molecule has 1 radical (unpaired) electrons. The van der Waals surface area contributed by atoms with E-state index in [1.165, 1.54) is 4.88 Å². The number of carbonyl (C=O) groups is 1. The third-order valence-corrected chi connectivity index (χ3v) is 5.57. The van der Waals surface area contributed by atoms with Crippen LogP contribution in [0.15, 0.2) is 18.2 Å². The van der Waals surface area contributed by atoms with Crippen molar-refractivity contribution < 1.29 is 19.0 Å². The molecule has 29 heavy (non-hydrogen) atoms. The van der Waals surface area contributed by atoms with E-state index in [2.05, 4.69) is 17.9 Å². The van der Waals surface area contributed by atoms with Crippen LogP contribution < -0.4 is 15.4 Å². The molecule has 1 fully saturated rings. The number of hydrogen-bond acceptors (Lipinski definition) is 8. The lowest BCUT2D eigenvalue weighted by atomic mass is 10.1. The maximum Gasteiger partial charge on any atom is 0.327 e. The minimum atomic E-state index is -0.877. The minimum absolute atomic E-state index is 0.211. The monoisotopic (exact) mass is 418 g/mol. The zero-order valence-corrected chi connectivity index (χ0v) is 18.0. The standard InChI is InChI=1S/C21H28N3O4S/c1-14(2)28-20(25)19(22)16-5-4-6-17(13-16)27-10-7-18-15(3)29-21(23-18)24-8-11-26-12-9-24/h4-6,14,19H,7-12,22H2,1-3H3. The molecule has 2 N–H and O–H groups in total. The van der Waals surface area contributed by atoms with Crippen molar-refractivity contribution in [2.24, 2.45) is 5.73 Å². The Balaban J connectivity index is 1.55. The SMILES string of the molecule is Cc1sc(N2CCOCC2)nc1CCOc1[c]c(C(N)C(=O)OC(C)C)ccc1. The Kier molecular flexibility index (Phi) is 7.46. The number of esters is 1. The van der Waals surface area contributed by atoms with Crippen LogP contribution in [0.2, 0.25) is 0 Å². The van der Waals surface area contributed by atoms with E-state index < -0.39 is 12.0 Å². The summed E-state index contributed by atoms with van der Waals surface area (Å²) in [5.41, 5.74) is 7.58. The van der Waals surface area contributed by atoms with Crippen molar-refractivity contribution in [1.29, 1.82) is 0 Å². The molecule has 1 aromatic heterocycles. The topological polar surface area (TPSA) is 86.9 Å². The summed E-state index contributed by atoms with van der Waals surface area (Å²) in [6, 6.07) is 7.54. The Labute approximate surface area is 175 Å². The highest BCUT2D eigenvalue weighted by atomic mass is 32.1. The van der Waals surface area contributed by atoms with E-state index >= 15 is 0 Å². The number of ether oxygens (including phenoxy) is 3. The van der Waals surface area contributed by atoms with Gasteiger partial charge in [0.25, 0.3) is 0 Å². The molecule has 0 spiro atoms. The molecule has 0 bridgehead atoms. The molecule has 3 rings (SSSR count). The first-order valence-electron chi connectivity index (χ1n) is 9.84. The second kappa shape index (κ2) is 10.0. The third-order valence-electron chi connectivity index (χ3n) is 4.49. The predicted octanol–water partition coefficient (Wildman–Crippen LogP) is 2.66. The number of nitrogens with two attached hydrogens (primary N) is 1. The van der Waals surface area contributed by atoms with Gasteiger partial charge in [0.05, 0.1) is 31.6 Å². The Morgan fingerprint density at radius 1 is 1.38 bits per heavy atom. The van der Waals surface area contributed by atoms with Crippen molar-refractivity contribution in [3.8, 4) is 5.75 Å². The third kappa shape index (κ3) is 5.91. The highest BCUT2D eigenvalue weighted by molar-refractivity contribution is 7.15. The lowest BCUT2D eigenvalue weighted by molar-refractivity contribution is -0.149. The summed E-state index contributed by atoms with van der Waals surface area (Å²) >= 11 is 1.71. The van der Waals surface area contributed by atoms with E-state index in [4.69, 9.17) is 24.9 Å². The summed E-state index contributed by atoms with van der Waals surface area (Å²) in [4.78, 5) is 20.3. The molecule has 157 valence electrons. The molecule has 8 heteroatoms. The summed E-state index contributed by atoms with van der Waals surface area (Å²) in [6.07, 6.45) is 0.489. The van der Waals surface area contributed by atoms with Gasteiger partial charge in [0, 0.05) is 30.5 Å². The number of morpholine rings is 1. The average Bonchev–Trinajstić information content (AvgIpc) is 3.08. The van der Waals surface area contributed by atoms with Crippen LogP contribution in [0.5, 0.6) is 5.75 Å². The number of hydrogen-bond donors (Lipinski definition) is 1. The van der Waals surface area contributed by atoms with Gasteiger partial charge in [0.15, 0.2) is 5.13 Å². The Morgan fingerprint density at radius 2 is 2.14 bits per heavy atom. The molecule has 0 saturated carbocycles. The first-order chi connectivity index (χ1) is 13.9. The normalized spacial score (nSPS) is 15.4. The second-order valence-corrected chi connectivity index (χ2v) is 8.31. The summed E-state index contributed by atoms with van der Waals surface area (Å²) in [5, 5.41) is 1.05. The number of thiazole rings is 1. The maximum absolute atomic E-state index is 12.0. The molecule has 0 amide bonds. The van der Waals surface area contributed by atoms with Crippen molar-refractivity contribution in [2.75, 3.05) is 37.8 Å². The number of benzene rings is 1. The van der Waals surface area contributed by atoms with E-state index in [9.17, 15) is 4.79 Å². The van der Waals surface area contributed by atoms with Crippen LogP contribution in [0, 0.1) is 13.0 Å². The van der Waals surface area contributed by atoms with E-state index in [-0.39, 0.29) is 6.10 Å². The first kappa shape index (κ1) is 21.5. The van der Waals surface area contributed by atoms with Gasteiger partial charge in [-0.25, -0.2) is 9.78 Å². The van der Waals surface area contributed by atoms with Crippen molar-refractivity contribution in [1.82, 2.24) is 4.98 Å². The number of nitrogens with zero attached hydrogens (tertiary/aromatic N) is 2. The van der Waals surface area contributed by atoms with Gasteiger partial charge in [-0.05, 0) is 32.4 Å². The number of anilines is 1. The molecule has 2 heterocycles. The van der Waals surface area contributed by atoms with Gasteiger partial charge in [-0.15, -0.1) is 11.3 Å². The van der Waals surface area contributed by atoms with Crippen LogP contribution in [0.25, 0.3) is 0 Å². The molecule has 1 saturated heterocycles. The predicted molar refractivity (Wildman–Crippen MR) is 113 cm³/mol. The number of aromatic nitrogens is 1. The van der Waals surface area contributed by atoms with Gasteiger partial charge < -0.3 is 24.8 Å². The fourth-order valence-electron chi connectivity index (χ4n) is 2.96. The molecular formula is C21H28N3O4S. The van der Waals surface area contributed by atoms with Crippen LogP contribution in [-0.4, -0.2) is 50.0 Å². The van der Waals surface area contributed by atoms with E-state index in [1.54, 1.807) is 43.4 Å². The Morgan fingerprint density at radius 3 is 2.86 bits per heavy atom. The second-order valence-electron chi connectivity index (χ2n) is 7.13. The Hall–Kier alpha value is -2.16. The highest BCUT2D eigenvalue weighted by Gasteiger charge is 2.20. The molecule has 1 aliphatic heterocycles. The quantitative estimate of drug-likeness (QED) is 0.660. The molecular weight excluding hydrogens is 390 g/mol. The van der Waals surface area contributed by atoms with Gasteiger partial charge in [-0.3, -0.25) is 0 Å². The first-order valence-corrected chi connectivity index (χ1v) is 10.7. The Bertz CT molecular complexity index is 818. The maximum atomic E-state index is 12.0. The van der Waals surface area contributed by atoms with Crippen molar-refractivity contribution in [3.63, 3.8) is 0 Å². The number of rotatable bonds is 8. The van der Waals surface area contributed by atoms with Gasteiger partial charge >= 0.3 is 5.97 Å². The number of aryl methyl sites for hydroxylation is 1. The van der Waals surface area contributed by atoms with Crippen LogP contribution in [0.1, 0.15) is 36.0 Å². The molecule has 1 unspecified atom stereocenters. The molecule has 2 aromatic rings. The summed E-state index contributed by atoms with van der Waals surface area (Å²) in [6.45, 7) is 9.39. The zero-order valence-electron chi connectivity index (χ0n) is 17.1. The number of carbonyl (C=O) groups excluding carboxylic acids is 1.